The summed E-state index contributed by atoms with van der Waals surface area (Å²) in [5, 5.41) is 0. The van der Waals surface area contributed by atoms with Crippen LogP contribution in [-0.4, -0.2) is 15.5 Å². The standard InChI is InChI=1S/C9H14N2O2S/c1-7-8(6-10)4-3-5-9(7)14(12,13)11-2/h3-5,11H,6,10H2,1-2H3. The van der Waals surface area contributed by atoms with Crippen LogP contribution in [0.3, 0.4) is 0 Å². The van der Waals surface area contributed by atoms with Gasteiger partial charge in [-0.1, -0.05) is 12.1 Å². The predicted octanol–water partition coefficient (Wildman–Crippen LogP) is 0.362. The van der Waals surface area contributed by atoms with Gasteiger partial charge in [-0.2, -0.15) is 0 Å². The van der Waals surface area contributed by atoms with E-state index in [-0.39, 0.29) is 0 Å². The van der Waals surface area contributed by atoms with Crippen LogP contribution in [0.25, 0.3) is 0 Å². The molecule has 4 nitrogen and oxygen atoms in total. The molecule has 78 valence electrons. The molecule has 5 heteroatoms. The second-order valence-electron chi connectivity index (χ2n) is 2.95. The van der Waals surface area contributed by atoms with Crippen molar-refractivity contribution in [3.05, 3.63) is 29.3 Å². The summed E-state index contributed by atoms with van der Waals surface area (Å²) in [4.78, 5) is 0.294. The van der Waals surface area contributed by atoms with Gasteiger partial charge >= 0.3 is 0 Å². The summed E-state index contributed by atoms with van der Waals surface area (Å²) in [6.07, 6.45) is 0. The van der Waals surface area contributed by atoms with E-state index in [4.69, 9.17) is 5.73 Å². The van der Waals surface area contributed by atoms with Crippen molar-refractivity contribution < 1.29 is 8.42 Å². The largest absolute Gasteiger partial charge is 0.326 e. The smallest absolute Gasteiger partial charge is 0.240 e. The third-order valence-corrected chi connectivity index (χ3v) is 3.73. The van der Waals surface area contributed by atoms with Crippen LogP contribution in [0.1, 0.15) is 11.1 Å². The molecule has 0 atom stereocenters. The first-order chi connectivity index (χ1) is 6.53. The minimum Gasteiger partial charge on any atom is -0.326 e. The van der Waals surface area contributed by atoms with E-state index < -0.39 is 10.0 Å². The molecule has 0 unspecified atom stereocenters. The maximum Gasteiger partial charge on any atom is 0.240 e. The van der Waals surface area contributed by atoms with Crippen LogP contribution in [0.4, 0.5) is 0 Å². The Balaban J connectivity index is 3.37. The molecule has 1 aromatic rings. The quantitative estimate of drug-likeness (QED) is 0.763. The zero-order chi connectivity index (χ0) is 10.8. The van der Waals surface area contributed by atoms with E-state index >= 15 is 0 Å². The van der Waals surface area contributed by atoms with E-state index in [0.717, 1.165) is 5.56 Å². The highest BCUT2D eigenvalue weighted by atomic mass is 32.2. The van der Waals surface area contributed by atoms with Crippen LogP contribution in [0.2, 0.25) is 0 Å². The fraction of sp³-hybridized carbons (Fsp3) is 0.333. The van der Waals surface area contributed by atoms with Gasteiger partial charge in [0, 0.05) is 6.54 Å². The van der Waals surface area contributed by atoms with Gasteiger partial charge in [0.15, 0.2) is 0 Å². The lowest BCUT2D eigenvalue weighted by Gasteiger charge is -2.09. The lowest BCUT2D eigenvalue weighted by molar-refractivity contribution is 0.587. The predicted molar refractivity (Wildman–Crippen MR) is 55.3 cm³/mol. The van der Waals surface area contributed by atoms with Gasteiger partial charge < -0.3 is 5.73 Å². The van der Waals surface area contributed by atoms with E-state index in [9.17, 15) is 8.42 Å². The number of nitrogens with one attached hydrogen (secondary N) is 1. The molecular weight excluding hydrogens is 200 g/mol. The third-order valence-electron chi connectivity index (χ3n) is 2.17. The Bertz CT molecular complexity index is 426. The summed E-state index contributed by atoms with van der Waals surface area (Å²) in [6, 6.07) is 5.09. The van der Waals surface area contributed by atoms with Crippen LogP contribution in [0.5, 0.6) is 0 Å². The van der Waals surface area contributed by atoms with Gasteiger partial charge in [-0.05, 0) is 31.2 Å². The molecule has 0 fully saturated rings. The Hall–Kier alpha value is -0.910. The molecular formula is C9H14N2O2S. The number of rotatable bonds is 3. The zero-order valence-corrected chi connectivity index (χ0v) is 9.06. The number of benzene rings is 1. The average Bonchev–Trinajstić information content (AvgIpc) is 2.18. The van der Waals surface area contributed by atoms with Crippen molar-refractivity contribution in [3.8, 4) is 0 Å². The highest BCUT2D eigenvalue weighted by molar-refractivity contribution is 7.89. The van der Waals surface area contributed by atoms with Gasteiger partial charge in [0.25, 0.3) is 0 Å². The van der Waals surface area contributed by atoms with Crippen molar-refractivity contribution in [1.29, 1.82) is 0 Å². The fourth-order valence-electron chi connectivity index (χ4n) is 1.28. The van der Waals surface area contributed by atoms with Crippen molar-refractivity contribution in [2.24, 2.45) is 5.73 Å². The zero-order valence-electron chi connectivity index (χ0n) is 8.24. The molecule has 0 spiro atoms. The molecule has 3 N–H and O–H groups in total. The first-order valence-electron chi connectivity index (χ1n) is 4.25. The molecule has 0 amide bonds. The first-order valence-corrected chi connectivity index (χ1v) is 5.73. The summed E-state index contributed by atoms with van der Waals surface area (Å²) in [7, 11) is -1.97. The monoisotopic (exact) mass is 214 g/mol. The molecule has 1 rings (SSSR count). The summed E-state index contributed by atoms with van der Waals surface area (Å²) in [5.74, 6) is 0. The lowest BCUT2D eigenvalue weighted by Crippen LogP contribution is -2.20. The molecule has 0 aliphatic rings. The van der Waals surface area contributed by atoms with Gasteiger partial charge in [-0.3, -0.25) is 0 Å². The molecule has 0 heterocycles. The molecule has 0 aliphatic carbocycles. The Labute approximate surface area is 84.2 Å². The molecule has 0 aliphatic heterocycles. The van der Waals surface area contributed by atoms with Gasteiger partial charge in [0.1, 0.15) is 0 Å². The van der Waals surface area contributed by atoms with Gasteiger partial charge in [-0.25, -0.2) is 13.1 Å². The Morgan fingerprint density at radius 3 is 2.57 bits per heavy atom. The molecule has 0 saturated carbocycles. The molecule has 14 heavy (non-hydrogen) atoms. The minimum absolute atomic E-state index is 0.294. The summed E-state index contributed by atoms with van der Waals surface area (Å²) in [5.41, 5.74) is 7.05. The maximum atomic E-state index is 11.5. The van der Waals surface area contributed by atoms with Crippen LogP contribution < -0.4 is 10.5 Å². The normalized spacial score (nSPS) is 11.6. The van der Waals surface area contributed by atoms with Crippen LogP contribution in [0, 0.1) is 6.92 Å². The minimum atomic E-state index is -3.37. The fourth-order valence-corrected chi connectivity index (χ4v) is 2.29. The topological polar surface area (TPSA) is 72.2 Å². The van der Waals surface area contributed by atoms with Gasteiger partial charge in [0.05, 0.1) is 4.90 Å². The summed E-state index contributed by atoms with van der Waals surface area (Å²) in [6.45, 7) is 2.10. The van der Waals surface area contributed by atoms with E-state index in [2.05, 4.69) is 4.72 Å². The number of sulfonamides is 1. The SMILES string of the molecule is CNS(=O)(=O)c1cccc(CN)c1C. The van der Waals surface area contributed by atoms with E-state index in [1.54, 1.807) is 19.1 Å². The Kier molecular flexibility index (Phi) is 3.25. The van der Waals surface area contributed by atoms with Crippen molar-refractivity contribution in [3.63, 3.8) is 0 Å². The Morgan fingerprint density at radius 2 is 2.07 bits per heavy atom. The summed E-state index contributed by atoms with van der Waals surface area (Å²) >= 11 is 0. The van der Waals surface area contributed by atoms with Gasteiger partial charge in [0.2, 0.25) is 10.0 Å². The number of hydrogen-bond donors (Lipinski definition) is 2. The molecule has 0 saturated heterocycles. The van der Waals surface area contributed by atoms with E-state index in [0.29, 0.717) is 17.0 Å². The molecule has 0 aromatic heterocycles. The van der Waals surface area contributed by atoms with Crippen molar-refractivity contribution in [2.75, 3.05) is 7.05 Å². The molecule has 0 radical (unpaired) electrons. The van der Waals surface area contributed by atoms with Crippen molar-refractivity contribution in [2.45, 2.75) is 18.4 Å². The molecule has 1 aromatic carbocycles. The van der Waals surface area contributed by atoms with Crippen molar-refractivity contribution >= 4 is 10.0 Å². The highest BCUT2D eigenvalue weighted by Crippen LogP contribution is 2.17. The highest BCUT2D eigenvalue weighted by Gasteiger charge is 2.15. The number of hydrogen-bond acceptors (Lipinski definition) is 3. The van der Waals surface area contributed by atoms with Crippen LogP contribution in [-0.2, 0) is 16.6 Å². The van der Waals surface area contributed by atoms with E-state index in [1.165, 1.54) is 7.05 Å². The van der Waals surface area contributed by atoms with Crippen LogP contribution in [0.15, 0.2) is 23.1 Å². The number of nitrogens with two attached hydrogens (primary N) is 1. The second-order valence-corrected chi connectivity index (χ2v) is 4.81. The third kappa shape index (κ3) is 1.95. The first kappa shape index (κ1) is 11.2. The summed E-state index contributed by atoms with van der Waals surface area (Å²) < 4.78 is 25.4. The van der Waals surface area contributed by atoms with Crippen molar-refractivity contribution in [1.82, 2.24) is 4.72 Å². The van der Waals surface area contributed by atoms with E-state index in [1.807, 2.05) is 6.07 Å². The van der Waals surface area contributed by atoms with Gasteiger partial charge in [-0.15, -0.1) is 0 Å². The average molecular weight is 214 g/mol. The van der Waals surface area contributed by atoms with Crippen LogP contribution >= 0.6 is 0 Å². The molecule has 0 bridgehead atoms. The Morgan fingerprint density at radius 1 is 1.43 bits per heavy atom. The second kappa shape index (κ2) is 4.08. The maximum absolute atomic E-state index is 11.5. The lowest BCUT2D eigenvalue weighted by atomic mass is 10.1.